The quantitative estimate of drug-likeness (QED) is 0.314. The van der Waals surface area contributed by atoms with E-state index in [4.69, 9.17) is 9.47 Å². The van der Waals surface area contributed by atoms with Crippen molar-refractivity contribution in [1.82, 2.24) is 25.4 Å². The first-order valence-electron chi connectivity index (χ1n) is 9.10. The van der Waals surface area contributed by atoms with Gasteiger partial charge in [-0.3, -0.25) is 4.99 Å². The van der Waals surface area contributed by atoms with Crippen molar-refractivity contribution in [3.63, 3.8) is 0 Å². The smallest absolute Gasteiger partial charge is 0.191 e. The summed E-state index contributed by atoms with van der Waals surface area (Å²) in [7, 11) is 1.74. The Balaban J connectivity index is 0.00000240. The van der Waals surface area contributed by atoms with Crippen molar-refractivity contribution in [3.05, 3.63) is 66.6 Å². The zero-order chi connectivity index (χ0) is 19.2. The van der Waals surface area contributed by atoms with Crippen LogP contribution in [0.1, 0.15) is 5.56 Å². The SMILES string of the molecule is CN=C(NCc1ccnc(-n2cccn2)c1)NCC1COc2ccccc2O1.I. The van der Waals surface area contributed by atoms with Gasteiger partial charge in [-0.25, -0.2) is 9.67 Å². The molecule has 0 bridgehead atoms. The molecule has 1 aromatic carbocycles. The molecule has 0 fully saturated rings. The maximum atomic E-state index is 5.96. The highest BCUT2D eigenvalue weighted by Gasteiger charge is 2.20. The summed E-state index contributed by atoms with van der Waals surface area (Å²) in [5, 5.41) is 10.8. The topological polar surface area (TPSA) is 85.6 Å². The Bertz CT molecular complexity index is 948. The maximum Gasteiger partial charge on any atom is 0.191 e. The minimum atomic E-state index is -0.0826. The molecular formula is C20H23IN6O2. The van der Waals surface area contributed by atoms with Crippen molar-refractivity contribution >= 4 is 29.9 Å². The van der Waals surface area contributed by atoms with Gasteiger partial charge in [0.1, 0.15) is 12.7 Å². The molecule has 0 saturated heterocycles. The molecule has 29 heavy (non-hydrogen) atoms. The van der Waals surface area contributed by atoms with E-state index in [2.05, 4.69) is 25.7 Å². The van der Waals surface area contributed by atoms with E-state index in [-0.39, 0.29) is 30.1 Å². The molecule has 1 unspecified atom stereocenters. The second kappa shape index (κ2) is 10.1. The second-order valence-corrected chi connectivity index (χ2v) is 6.28. The maximum absolute atomic E-state index is 5.96. The number of rotatable bonds is 5. The lowest BCUT2D eigenvalue weighted by molar-refractivity contribution is 0.0936. The van der Waals surface area contributed by atoms with E-state index in [9.17, 15) is 0 Å². The number of fused-ring (bicyclic) bond motifs is 1. The summed E-state index contributed by atoms with van der Waals surface area (Å²) in [4.78, 5) is 8.61. The lowest BCUT2D eigenvalue weighted by atomic mass is 10.2. The monoisotopic (exact) mass is 506 g/mol. The predicted molar refractivity (Wildman–Crippen MR) is 121 cm³/mol. The Labute approximate surface area is 186 Å². The second-order valence-electron chi connectivity index (χ2n) is 6.28. The normalized spacial score (nSPS) is 15.3. The van der Waals surface area contributed by atoms with Crippen molar-refractivity contribution in [2.45, 2.75) is 12.6 Å². The minimum absolute atomic E-state index is 0. The van der Waals surface area contributed by atoms with Crippen molar-refractivity contribution in [2.75, 3.05) is 20.2 Å². The van der Waals surface area contributed by atoms with Gasteiger partial charge in [0.05, 0.1) is 6.54 Å². The number of hydrogen-bond acceptors (Lipinski definition) is 5. The first-order valence-corrected chi connectivity index (χ1v) is 9.10. The van der Waals surface area contributed by atoms with Gasteiger partial charge in [-0.15, -0.1) is 24.0 Å². The van der Waals surface area contributed by atoms with Gasteiger partial charge in [-0.1, -0.05) is 12.1 Å². The van der Waals surface area contributed by atoms with E-state index >= 15 is 0 Å². The van der Waals surface area contributed by atoms with Gasteiger partial charge in [0.25, 0.3) is 0 Å². The van der Waals surface area contributed by atoms with Gasteiger partial charge in [-0.2, -0.15) is 5.10 Å². The number of nitrogens with one attached hydrogen (secondary N) is 2. The molecule has 2 N–H and O–H groups in total. The van der Waals surface area contributed by atoms with E-state index in [1.807, 2.05) is 48.7 Å². The molecule has 1 atom stereocenters. The van der Waals surface area contributed by atoms with E-state index in [0.29, 0.717) is 25.7 Å². The summed E-state index contributed by atoms with van der Waals surface area (Å²) in [5.74, 6) is 3.02. The molecule has 152 valence electrons. The van der Waals surface area contributed by atoms with E-state index < -0.39 is 0 Å². The van der Waals surface area contributed by atoms with E-state index in [0.717, 1.165) is 22.9 Å². The molecular weight excluding hydrogens is 483 g/mol. The molecule has 2 aromatic heterocycles. The fourth-order valence-electron chi connectivity index (χ4n) is 2.88. The molecule has 0 saturated carbocycles. The first kappa shape index (κ1) is 20.9. The number of hydrogen-bond donors (Lipinski definition) is 2. The van der Waals surface area contributed by atoms with Crippen molar-refractivity contribution < 1.29 is 9.47 Å². The summed E-state index contributed by atoms with van der Waals surface area (Å²) >= 11 is 0. The minimum Gasteiger partial charge on any atom is -0.486 e. The lowest BCUT2D eigenvalue weighted by Crippen LogP contribution is -2.45. The van der Waals surface area contributed by atoms with E-state index in [1.165, 1.54) is 0 Å². The Morgan fingerprint density at radius 1 is 1.17 bits per heavy atom. The molecule has 4 rings (SSSR count). The average Bonchev–Trinajstić information content (AvgIpc) is 3.29. The largest absolute Gasteiger partial charge is 0.486 e. The van der Waals surface area contributed by atoms with Crippen LogP contribution in [0.25, 0.3) is 5.82 Å². The summed E-state index contributed by atoms with van der Waals surface area (Å²) in [5.41, 5.74) is 1.08. The Morgan fingerprint density at radius 2 is 2.03 bits per heavy atom. The molecule has 1 aliphatic rings. The molecule has 0 radical (unpaired) electrons. The number of nitrogens with zero attached hydrogens (tertiary/aromatic N) is 4. The zero-order valence-electron chi connectivity index (χ0n) is 16.0. The molecule has 0 aliphatic carbocycles. The number of halogens is 1. The first-order chi connectivity index (χ1) is 13.8. The van der Waals surface area contributed by atoms with E-state index in [1.54, 1.807) is 24.1 Å². The van der Waals surface area contributed by atoms with Gasteiger partial charge < -0.3 is 20.1 Å². The van der Waals surface area contributed by atoms with Crippen LogP contribution in [0, 0.1) is 0 Å². The number of guanidine groups is 1. The Hall–Kier alpha value is -2.82. The summed E-state index contributed by atoms with van der Waals surface area (Å²) in [6, 6.07) is 13.5. The van der Waals surface area contributed by atoms with Gasteiger partial charge >= 0.3 is 0 Å². The number of para-hydroxylation sites is 2. The highest BCUT2D eigenvalue weighted by molar-refractivity contribution is 14.0. The van der Waals surface area contributed by atoms with Crippen LogP contribution in [0.15, 0.2) is 66.0 Å². The summed E-state index contributed by atoms with van der Waals surface area (Å²) in [6.45, 7) is 1.70. The van der Waals surface area contributed by atoms with Gasteiger partial charge in [0.15, 0.2) is 23.3 Å². The third-order valence-electron chi connectivity index (χ3n) is 4.30. The average molecular weight is 506 g/mol. The molecule has 1 aliphatic heterocycles. The van der Waals surface area contributed by atoms with Crippen LogP contribution in [-0.4, -0.2) is 47.0 Å². The van der Waals surface area contributed by atoms with Crippen LogP contribution in [0.2, 0.25) is 0 Å². The van der Waals surface area contributed by atoms with Gasteiger partial charge in [-0.05, 0) is 35.9 Å². The van der Waals surface area contributed by atoms with Crippen molar-refractivity contribution in [3.8, 4) is 17.3 Å². The highest BCUT2D eigenvalue weighted by Crippen LogP contribution is 2.30. The van der Waals surface area contributed by atoms with Crippen molar-refractivity contribution in [1.29, 1.82) is 0 Å². The van der Waals surface area contributed by atoms with Crippen LogP contribution in [-0.2, 0) is 6.54 Å². The summed E-state index contributed by atoms with van der Waals surface area (Å²) < 4.78 is 13.4. The van der Waals surface area contributed by atoms with Gasteiger partial charge in [0, 0.05) is 32.2 Å². The number of benzene rings is 1. The Kier molecular flexibility index (Phi) is 7.28. The van der Waals surface area contributed by atoms with Gasteiger partial charge in [0.2, 0.25) is 0 Å². The molecule has 0 amide bonds. The number of pyridine rings is 1. The third kappa shape index (κ3) is 5.37. The fourth-order valence-corrected chi connectivity index (χ4v) is 2.88. The standard InChI is InChI=1S/C20H22N6O2.HI/c1-21-20(24-13-16-14-27-17-5-2-3-6-18(17)28-16)23-12-15-7-9-22-19(11-15)26-10-4-8-25-26;/h2-11,16H,12-14H2,1H3,(H2,21,23,24);1H. The number of aliphatic imine (C=N–C) groups is 1. The molecule has 3 heterocycles. The molecule has 0 spiro atoms. The zero-order valence-corrected chi connectivity index (χ0v) is 18.3. The fraction of sp³-hybridized carbons (Fsp3) is 0.250. The highest BCUT2D eigenvalue weighted by atomic mass is 127. The Morgan fingerprint density at radius 3 is 2.83 bits per heavy atom. The van der Waals surface area contributed by atoms with Crippen LogP contribution in [0.5, 0.6) is 11.5 Å². The third-order valence-corrected chi connectivity index (χ3v) is 4.30. The molecule has 3 aromatic rings. The van der Waals surface area contributed by atoms with Crippen LogP contribution < -0.4 is 20.1 Å². The van der Waals surface area contributed by atoms with Crippen LogP contribution in [0.4, 0.5) is 0 Å². The van der Waals surface area contributed by atoms with Crippen LogP contribution in [0.3, 0.4) is 0 Å². The number of aromatic nitrogens is 3. The molecule has 9 heteroatoms. The van der Waals surface area contributed by atoms with Crippen LogP contribution >= 0.6 is 24.0 Å². The predicted octanol–water partition coefficient (Wildman–Crippen LogP) is 2.39. The summed E-state index contributed by atoms with van der Waals surface area (Å²) in [6.07, 6.45) is 5.29. The van der Waals surface area contributed by atoms with Crippen molar-refractivity contribution in [2.24, 2.45) is 4.99 Å². The lowest BCUT2D eigenvalue weighted by Gasteiger charge is -2.27. The molecule has 8 nitrogen and oxygen atoms in total. The number of ether oxygens (including phenoxy) is 2.